The quantitative estimate of drug-likeness (QED) is 0.872. The van der Waals surface area contributed by atoms with Gasteiger partial charge >= 0.3 is 0 Å². The molecule has 3 heteroatoms. The van der Waals surface area contributed by atoms with E-state index in [0.717, 1.165) is 19.0 Å². The van der Waals surface area contributed by atoms with E-state index < -0.39 is 0 Å². The molecule has 1 fully saturated rings. The highest BCUT2D eigenvalue weighted by atomic mass is 15.3. The minimum atomic E-state index is 0.503. The van der Waals surface area contributed by atoms with Gasteiger partial charge in [0.1, 0.15) is 0 Å². The predicted octanol–water partition coefficient (Wildman–Crippen LogP) is 3.91. The van der Waals surface area contributed by atoms with Crippen LogP contribution in [-0.2, 0) is 6.54 Å². The van der Waals surface area contributed by atoms with E-state index in [1.165, 1.54) is 50.5 Å². The van der Waals surface area contributed by atoms with Gasteiger partial charge < -0.3 is 5.32 Å². The molecule has 1 atom stereocenters. The Morgan fingerprint density at radius 2 is 1.89 bits per heavy atom. The molecular formula is C16H29N3. The molecule has 0 radical (unpaired) electrons. The Hall–Kier alpha value is -0.830. The van der Waals surface area contributed by atoms with Crippen LogP contribution in [0.25, 0.3) is 0 Å². The number of rotatable bonds is 5. The van der Waals surface area contributed by atoms with Gasteiger partial charge in [-0.3, -0.25) is 4.68 Å². The maximum atomic E-state index is 4.45. The molecule has 1 heterocycles. The van der Waals surface area contributed by atoms with Gasteiger partial charge in [0.25, 0.3) is 0 Å². The Balaban J connectivity index is 2.08. The van der Waals surface area contributed by atoms with Crippen molar-refractivity contribution in [2.45, 2.75) is 71.4 Å². The third-order valence-corrected chi connectivity index (χ3v) is 4.38. The van der Waals surface area contributed by atoms with Crippen molar-refractivity contribution >= 4 is 0 Å². The van der Waals surface area contributed by atoms with Gasteiger partial charge in [0.15, 0.2) is 0 Å². The van der Waals surface area contributed by atoms with Crippen molar-refractivity contribution < 1.29 is 0 Å². The molecule has 0 bridgehead atoms. The summed E-state index contributed by atoms with van der Waals surface area (Å²) in [5, 5.41) is 8.15. The SMILES string of the molecule is CCNC(c1cnn(CC)c1)C1CCCCCCC1. The van der Waals surface area contributed by atoms with Crippen LogP contribution in [0.15, 0.2) is 12.4 Å². The largest absolute Gasteiger partial charge is 0.310 e. The van der Waals surface area contributed by atoms with E-state index in [4.69, 9.17) is 0 Å². The zero-order chi connectivity index (χ0) is 13.5. The molecule has 1 aromatic rings. The van der Waals surface area contributed by atoms with Gasteiger partial charge in [-0.2, -0.15) is 5.10 Å². The Morgan fingerprint density at radius 1 is 1.21 bits per heavy atom. The van der Waals surface area contributed by atoms with Crippen LogP contribution in [0.1, 0.15) is 70.4 Å². The monoisotopic (exact) mass is 263 g/mol. The van der Waals surface area contributed by atoms with Crippen molar-refractivity contribution in [3.8, 4) is 0 Å². The Morgan fingerprint density at radius 3 is 2.47 bits per heavy atom. The summed E-state index contributed by atoms with van der Waals surface area (Å²) in [7, 11) is 0. The fourth-order valence-corrected chi connectivity index (χ4v) is 3.31. The molecule has 19 heavy (non-hydrogen) atoms. The minimum Gasteiger partial charge on any atom is -0.310 e. The average Bonchev–Trinajstić information content (AvgIpc) is 2.85. The van der Waals surface area contributed by atoms with Crippen molar-refractivity contribution in [1.82, 2.24) is 15.1 Å². The van der Waals surface area contributed by atoms with Gasteiger partial charge in [0.2, 0.25) is 0 Å². The Kier molecular flexibility index (Phi) is 5.90. The maximum Gasteiger partial charge on any atom is 0.0537 e. The highest BCUT2D eigenvalue weighted by Gasteiger charge is 2.23. The first kappa shape index (κ1) is 14.6. The molecule has 1 aromatic heterocycles. The molecule has 1 N–H and O–H groups in total. The van der Waals surface area contributed by atoms with Crippen molar-refractivity contribution in [2.75, 3.05) is 6.54 Å². The molecule has 0 spiro atoms. The number of aryl methyl sites for hydroxylation is 1. The highest BCUT2D eigenvalue weighted by molar-refractivity contribution is 5.12. The van der Waals surface area contributed by atoms with Crippen molar-refractivity contribution in [1.29, 1.82) is 0 Å². The lowest BCUT2D eigenvalue weighted by atomic mass is 9.83. The number of nitrogens with zero attached hydrogens (tertiary/aromatic N) is 2. The minimum absolute atomic E-state index is 0.503. The van der Waals surface area contributed by atoms with E-state index in [1.807, 2.05) is 4.68 Å². The Labute approximate surface area is 117 Å². The van der Waals surface area contributed by atoms with Crippen LogP contribution in [-0.4, -0.2) is 16.3 Å². The summed E-state index contributed by atoms with van der Waals surface area (Å²) in [5.41, 5.74) is 1.38. The molecule has 1 aliphatic carbocycles. The van der Waals surface area contributed by atoms with Gasteiger partial charge in [0, 0.05) is 24.3 Å². The van der Waals surface area contributed by atoms with Crippen molar-refractivity contribution in [3.05, 3.63) is 18.0 Å². The number of hydrogen-bond acceptors (Lipinski definition) is 2. The first-order valence-corrected chi connectivity index (χ1v) is 8.10. The molecule has 3 nitrogen and oxygen atoms in total. The summed E-state index contributed by atoms with van der Waals surface area (Å²) in [6.07, 6.45) is 14.1. The van der Waals surface area contributed by atoms with Gasteiger partial charge in [-0.25, -0.2) is 0 Å². The first-order valence-electron chi connectivity index (χ1n) is 8.10. The lowest BCUT2D eigenvalue weighted by molar-refractivity contribution is 0.291. The lowest BCUT2D eigenvalue weighted by Gasteiger charge is -2.28. The summed E-state index contributed by atoms with van der Waals surface area (Å²) in [4.78, 5) is 0. The second kappa shape index (κ2) is 7.68. The van der Waals surface area contributed by atoms with Crippen LogP contribution in [0.2, 0.25) is 0 Å². The number of hydrogen-bond donors (Lipinski definition) is 1. The molecule has 0 amide bonds. The zero-order valence-corrected chi connectivity index (χ0v) is 12.6. The number of nitrogens with one attached hydrogen (secondary N) is 1. The standard InChI is InChI=1S/C16H29N3/c1-3-17-16(15-12-18-19(4-2)13-15)14-10-8-6-5-7-9-11-14/h12-14,16-17H,3-11H2,1-2H3. The summed E-state index contributed by atoms with van der Waals surface area (Å²) < 4.78 is 2.04. The summed E-state index contributed by atoms with van der Waals surface area (Å²) in [5.74, 6) is 0.787. The normalized spacial score (nSPS) is 19.9. The van der Waals surface area contributed by atoms with E-state index in [-0.39, 0.29) is 0 Å². The van der Waals surface area contributed by atoms with Gasteiger partial charge in [-0.1, -0.05) is 39.0 Å². The van der Waals surface area contributed by atoms with Crippen LogP contribution in [0.3, 0.4) is 0 Å². The van der Waals surface area contributed by atoms with Crippen LogP contribution >= 0.6 is 0 Å². The van der Waals surface area contributed by atoms with E-state index in [1.54, 1.807) is 0 Å². The zero-order valence-electron chi connectivity index (χ0n) is 12.6. The molecule has 1 unspecified atom stereocenters. The van der Waals surface area contributed by atoms with Crippen LogP contribution in [0.4, 0.5) is 0 Å². The Bertz CT molecular complexity index is 351. The molecule has 108 valence electrons. The van der Waals surface area contributed by atoms with E-state index in [9.17, 15) is 0 Å². The average molecular weight is 263 g/mol. The van der Waals surface area contributed by atoms with Crippen molar-refractivity contribution in [3.63, 3.8) is 0 Å². The predicted molar refractivity (Wildman–Crippen MR) is 80.1 cm³/mol. The summed E-state index contributed by atoms with van der Waals surface area (Å²) >= 11 is 0. The molecule has 0 aliphatic heterocycles. The van der Waals surface area contributed by atoms with Crippen molar-refractivity contribution in [2.24, 2.45) is 5.92 Å². The van der Waals surface area contributed by atoms with Gasteiger partial charge in [-0.15, -0.1) is 0 Å². The molecule has 0 saturated heterocycles. The van der Waals surface area contributed by atoms with Crippen LogP contribution in [0, 0.1) is 5.92 Å². The summed E-state index contributed by atoms with van der Waals surface area (Å²) in [6, 6.07) is 0.503. The van der Waals surface area contributed by atoms with E-state index >= 15 is 0 Å². The lowest BCUT2D eigenvalue weighted by Crippen LogP contribution is -2.28. The topological polar surface area (TPSA) is 29.9 Å². The van der Waals surface area contributed by atoms with Crippen LogP contribution in [0.5, 0.6) is 0 Å². The smallest absolute Gasteiger partial charge is 0.0537 e. The third-order valence-electron chi connectivity index (χ3n) is 4.38. The summed E-state index contributed by atoms with van der Waals surface area (Å²) in [6.45, 7) is 6.36. The fraction of sp³-hybridized carbons (Fsp3) is 0.812. The number of aromatic nitrogens is 2. The molecule has 2 rings (SSSR count). The maximum absolute atomic E-state index is 4.45. The fourth-order valence-electron chi connectivity index (χ4n) is 3.31. The molecular weight excluding hydrogens is 234 g/mol. The second-order valence-corrected chi connectivity index (χ2v) is 5.77. The molecule has 1 saturated carbocycles. The van der Waals surface area contributed by atoms with Crippen LogP contribution < -0.4 is 5.32 Å². The molecule has 1 aliphatic rings. The van der Waals surface area contributed by atoms with E-state index in [0.29, 0.717) is 6.04 Å². The first-order chi connectivity index (χ1) is 9.35. The second-order valence-electron chi connectivity index (χ2n) is 5.77. The highest BCUT2D eigenvalue weighted by Crippen LogP contribution is 2.32. The van der Waals surface area contributed by atoms with Gasteiger partial charge in [0.05, 0.1) is 6.20 Å². The molecule has 0 aromatic carbocycles. The third kappa shape index (κ3) is 4.07. The van der Waals surface area contributed by atoms with E-state index in [2.05, 4.69) is 36.7 Å². The van der Waals surface area contributed by atoms with Gasteiger partial charge in [-0.05, 0) is 32.2 Å².